The molecule has 0 spiro atoms. The van der Waals surface area contributed by atoms with Crippen molar-refractivity contribution in [3.63, 3.8) is 0 Å². The highest BCUT2D eigenvalue weighted by molar-refractivity contribution is 6.07. The molecule has 6 nitrogen and oxygen atoms in total. The molecule has 3 rings (SSSR count). The minimum atomic E-state index is -0.848. The van der Waals surface area contributed by atoms with Gasteiger partial charge in [0.15, 0.2) is 5.78 Å². The summed E-state index contributed by atoms with van der Waals surface area (Å²) in [6.45, 7) is 7.61. The second kappa shape index (κ2) is 9.39. The third-order valence-electron chi connectivity index (χ3n) is 5.82. The van der Waals surface area contributed by atoms with E-state index in [1.807, 2.05) is 13.0 Å². The molecule has 0 bridgehead atoms. The van der Waals surface area contributed by atoms with Crippen LogP contribution in [0.1, 0.15) is 66.6 Å². The molecule has 170 valence electrons. The number of phenols is 4. The molecular formula is C26H30O6. The molecule has 0 amide bonds. The quantitative estimate of drug-likeness (QED) is 0.449. The monoisotopic (exact) mass is 438 g/mol. The molecule has 2 aromatic carbocycles. The lowest BCUT2D eigenvalue weighted by atomic mass is 9.86. The van der Waals surface area contributed by atoms with Crippen LogP contribution in [0.25, 0.3) is 0 Å². The van der Waals surface area contributed by atoms with Gasteiger partial charge >= 0.3 is 0 Å². The van der Waals surface area contributed by atoms with Crippen LogP contribution in [0.5, 0.6) is 28.7 Å². The molecule has 1 aliphatic heterocycles. The van der Waals surface area contributed by atoms with Crippen LogP contribution in [0.2, 0.25) is 0 Å². The van der Waals surface area contributed by atoms with E-state index in [9.17, 15) is 25.2 Å². The summed E-state index contributed by atoms with van der Waals surface area (Å²) in [5.41, 5.74) is 3.54. The Labute approximate surface area is 188 Å². The molecule has 6 heteroatoms. The maximum atomic E-state index is 13.2. The Morgan fingerprint density at radius 2 is 1.75 bits per heavy atom. The second-order valence-corrected chi connectivity index (χ2v) is 8.58. The third kappa shape index (κ3) is 4.74. The first-order valence-corrected chi connectivity index (χ1v) is 10.7. The number of carbonyl (C=O) groups excluding carboxylic acids is 1. The number of phenolic OH excluding ortho intramolecular Hbond substituents is 4. The van der Waals surface area contributed by atoms with E-state index < -0.39 is 11.7 Å². The molecule has 0 fully saturated rings. The highest BCUT2D eigenvalue weighted by Gasteiger charge is 2.35. The molecule has 1 aliphatic rings. The summed E-state index contributed by atoms with van der Waals surface area (Å²) in [6.07, 6.45) is 6.52. The van der Waals surface area contributed by atoms with Crippen LogP contribution < -0.4 is 4.74 Å². The molecule has 1 heterocycles. The number of ketones is 1. The van der Waals surface area contributed by atoms with E-state index in [0.29, 0.717) is 17.5 Å². The van der Waals surface area contributed by atoms with Gasteiger partial charge in [0, 0.05) is 23.3 Å². The minimum Gasteiger partial charge on any atom is -0.508 e. The Bertz CT molecular complexity index is 1110. The third-order valence-corrected chi connectivity index (χ3v) is 5.82. The van der Waals surface area contributed by atoms with Crippen molar-refractivity contribution in [3.8, 4) is 28.7 Å². The number of Topliss-reactive ketones (excluding diaryl/α,β-unsaturated/α-hetero) is 1. The van der Waals surface area contributed by atoms with Gasteiger partial charge in [0.05, 0.1) is 5.92 Å². The van der Waals surface area contributed by atoms with Crippen LogP contribution in [0.15, 0.2) is 41.5 Å². The van der Waals surface area contributed by atoms with Gasteiger partial charge in [-0.25, -0.2) is 0 Å². The lowest BCUT2D eigenvalue weighted by molar-refractivity contribution is 0.0889. The van der Waals surface area contributed by atoms with Crippen molar-refractivity contribution in [2.24, 2.45) is 0 Å². The molecule has 0 saturated heterocycles. The maximum absolute atomic E-state index is 13.2. The predicted octanol–water partition coefficient (Wildman–Crippen LogP) is 5.41. The molecule has 0 aliphatic carbocycles. The van der Waals surface area contributed by atoms with Crippen molar-refractivity contribution in [1.29, 1.82) is 0 Å². The molecule has 32 heavy (non-hydrogen) atoms. The van der Waals surface area contributed by atoms with E-state index in [1.54, 1.807) is 6.07 Å². The number of hydrogen-bond donors (Lipinski definition) is 4. The number of hydrogen-bond acceptors (Lipinski definition) is 6. The average Bonchev–Trinajstić information content (AvgIpc) is 2.72. The van der Waals surface area contributed by atoms with Crippen molar-refractivity contribution in [2.75, 3.05) is 6.61 Å². The minimum absolute atomic E-state index is 0.0133. The lowest BCUT2D eigenvalue weighted by Crippen LogP contribution is -2.26. The van der Waals surface area contributed by atoms with E-state index in [0.717, 1.165) is 12.8 Å². The fourth-order valence-corrected chi connectivity index (χ4v) is 3.79. The number of aromatic hydroxyl groups is 4. The van der Waals surface area contributed by atoms with E-state index in [1.165, 1.54) is 30.2 Å². The van der Waals surface area contributed by atoms with E-state index in [2.05, 4.69) is 19.9 Å². The summed E-state index contributed by atoms with van der Waals surface area (Å²) in [5, 5.41) is 41.1. The smallest absolute Gasteiger partial charge is 0.181 e. The van der Waals surface area contributed by atoms with Crippen LogP contribution in [-0.2, 0) is 6.42 Å². The Morgan fingerprint density at radius 1 is 1.03 bits per heavy atom. The van der Waals surface area contributed by atoms with Crippen molar-refractivity contribution < 1.29 is 30.0 Å². The number of benzene rings is 2. The summed E-state index contributed by atoms with van der Waals surface area (Å²) in [5.74, 6) is -1.90. The SMILES string of the molecule is CC(C)=CCC/C(C)=C/Cc1cc([C@@H]2COc3cc(O)c(C)c(O)c3C2=O)c(O)cc1O. The zero-order chi connectivity index (χ0) is 23.6. The van der Waals surface area contributed by atoms with E-state index >= 15 is 0 Å². The zero-order valence-electron chi connectivity index (χ0n) is 18.9. The topological polar surface area (TPSA) is 107 Å². The number of fused-ring (bicyclic) bond motifs is 1. The van der Waals surface area contributed by atoms with Gasteiger partial charge in [-0.05, 0) is 58.6 Å². The van der Waals surface area contributed by atoms with E-state index in [4.69, 9.17) is 4.74 Å². The van der Waals surface area contributed by atoms with E-state index in [-0.39, 0.29) is 46.5 Å². The molecular weight excluding hydrogens is 408 g/mol. The van der Waals surface area contributed by atoms with Gasteiger partial charge in [-0.3, -0.25) is 4.79 Å². The number of carbonyl (C=O) groups is 1. The number of rotatable bonds is 6. The number of ether oxygens (including phenoxy) is 1. The molecule has 1 atom stereocenters. The lowest BCUT2D eigenvalue weighted by Gasteiger charge is -2.26. The van der Waals surface area contributed by atoms with Gasteiger partial charge in [-0.15, -0.1) is 0 Å². The van der Waals surface area contributed by atoms with Gasteiger partial charge in [0.25, 0.3) is 0 Å². The first-order chi connectivity index (χ1) is 15.1. The van der Waals surface area contributed by atoms with Crippen LogP contribution in [0.4, 0.5) is 0 Å². The molecule has 0 radical (unpaired) electrons. The van der Waals surface area contributed by atoms with Crippen molar-refractivity contribution >= 4 is 5.78 Å². The fraction of sp³-hybridized carbons (Fsp3) is 0.346. The van der Waals surface area contributed by atoms with Crippen LogP contribution in [0, 0.1) is 6.92 Å². The first kappa shape index (κ1) is 23.3. The fourth-order valence-electron chi connectivity index (χ4n) is 3.79. The first-order valence-electron chi connectivity index (χ1n) is 10.7. The van der Waals surface area contributed by atoms with Crippen LogP contribution in [-0.4, -0.2) is 32.8 Å². The van der Waals surface area contributed by atoms with Crippen molar-refractivity contribution in [3.05, 3.63) is 63.8 Å². The average molecular weight is 439 g/mol. The zero-order valence-corrected chi connectivity index (χ0v) is 18.9. The van der Waals surface area contributed by atoms with Gasteiger partial charge in [-0.2, -0.15) is 0 Å². The second-order valence-electron chi connectivity index (χ2n) is 8.58. The molecule has 0 aromatic heterocycles. The Balaban J connectivity index is 1.89. The van der Waals surface area contributed by atoms with Crippen LogP contribution in [0.3, 0.4) is 0 Å². The highest BCUT2D eigenvalue weighted by Crippen LogP contribution is 2.44. The molecule has 0 unspecified atom stereocenters. The standard InChI is InChI=1S/C26H30O6/c1-14(2)6-5-7-15(3)8-9-17-10-18(22(29)11-21(17)28)19-13-32-23-12-20(27)16(4)25(30)24(23)26(19)31/h6,8,10-12,19,27-30H,5,7,9,13H2,1-4H3/b15-8+/t19-/m0/s1. The normalized spacial score (nSPS) is 15.8. The van der Waals surface area contributed by atoms with Gasteiger partial charge in [0.1, 0.15) is 40.9 Å². The van der Waals surface area contributed by atoms with Gasteiger partial charge in [0.2, 0.25) is 0 Å². The van der Waals surface area contributed by atoms with Gasteiger partial charge in [-0.1, -0.05) is 23.3 Å². The highest BCUT2D eigenvalue weighted by atomic mass is 16.5. The Hall–Kier alpha value is -3.41. The molecule has 4 N–H and O–H groups in total. The van der Waals surface area contributed by atoms with Crippen molar-refractivity contribution in [2.45, 2.75) is 52.9 Å². The van der Waals surface area contributed by atoms with Gasteiger partial charge < -0.3 is 25.2 Å². The molecule has 0 saturated carbocycles. The van der Waals surface area contributed by atoms with Crippen molar-refractivity contribution in [1.82, 2.24) is 0 Å². The molecule has 2 aromatic rings. The summed E-state index contributed by atoms with van der Waals surface area (Å²) in [7, 11) is 0. The summed E-state index contributed by atoms with van der Waals surface area (Å²) in [6, 6.07) is 4.16. The summed E-state index contributed by atoms with van der Waals surface area (Å²) >= 11 is 0. The van der Waals surface area contributed by atoms with Crippen LogP contribution >= 0.6 is 0 Å². The largest absolute Gasteiger partial charge is 0.508 e. The summed E-state index contributed by atoms with van der Waals surface area (Å²) < 4.78 is 5.63. The Morgan fingerprint density at radius 3 is 2.44 bits per heavy atom. The Kier molecular flexibility index (Phi) is 6.82. The maximum Gasteiger partial charge on any atom is 0.181 e. The predicted molar refractivity (Wildman–Crippen MR) is 123 cm³/mol. The number of allylic oxidation sites excluding steroid dienone is 4. The summed E-state index contributed by atoms with van der Waals surface area (Å²) in [4.78, 5) is 13.2.